The van der Waals surface area contributed by atoms with Crippen LogP contribution in [0.3, 0.4) is 0 Å². The molecule has 0 saturated carbocycles. The highest BCUT2D eigenvalue weighted by molar-refractivity contribution is 4.94. The maximum absolute atomic E-state index is 2.70. The van der Waals surface area contributed by atoms with Gasteiger partial charge in [-0.2, -0.15) is 0 Å². The van der Waals surface area contributed by atoms with Gasteiger partial charge >= 0.3 is 0 Å². The van der Waals surface area contributed by atoms with E-state index in [-0.39, 0.29) is 0 Å². The second-order valence-corrected chi connectivity index (χ2v) is 5.96. The molecule has 2 heteroatoms. The predicted molar refractivity (Wildman–Crippen MR) is 60.2 cm³/mol. The van der Waals surface area contributed by atoms with Crippen molar-refractivity contribution in [1.82, 2.24) is 4.90 Å². The Kier molecular flexibility index (Phi) is 2.39. The first-order valence-corrected chi connectivity index (χ1v) is 6.05. The fourth-order valence-electron chi connectivity index (χ4n) is 3.39. The predicted octanol–water partition coefficient (Wildman–Crippen LogP) is 1.71. The van der Waals surface area contributed by atoms with Gasteiger partial charge in [0.25, 0.3) is 0 Å². The summed E-state index contributed by atoms with van der Waals surface area (Å²) in [6.45, 7) is 12.1. The molecule has 3 atom stereocenters. The van der Waals surface area contributed by atoms with E-state index < -0.39 is 0 Å². The molecule has 2 rings (SSSR count). The van der Waals surface area contributed by atoms with E-state index in [1.165, 1.54) is 24.0 Å². The third-order valence-corrected chi connectivity index (χ3v) is 4.72. The van der Waals surface area contributed by atoms with Crippen molar-refractivity contribution < 1.29 is 4.48 Å². The number of nitrogens with zero attached hydrogens (tertiary/aromatic N) is 2. The number of quaternary nitrogens is 1. The lowest BCUT2D eigenvalue weighted by Gasteiger charge is -2.45. The molecule has 0 aromatic heterocycles. The van der Waals surface area contributed by atoms with Crippen molar-refractivity contribution in [3.63, 3.8) is 0 Å². The molecule has 2 bridgehead atoms. The molecule has 0 unspecified atom stereocenters. The molecule has 0 spiro atoms. The lowest BCUT2D eigenvalue weighted by molar-refractivity contribution is -0.944. The zero-order valence-electron chi connectivity index (χ0n) is 10.3. The minimum absolute atomic E-state index is 0.742. The second-order valence-electron chi connectivity index (χ2n) is 5.96. The first-order chi connectivity index (χ1) is 6.45. The molecule has 82 valence electrons. The molecule has 0 aromatic rings. The first kappa shape index (κ1) is 10.4. The molecule has 2 heterocycles. The maximum atomic E-state index is 2.70. The number of likely N-dealkylation sites (tertiary alicyclic amines) is 2. The summed E-state index contributed by atoms with van der Waals surface area (Å²) in [7, 11) is 2.45. The lowest BCUT2D eigenvalue weighted by Crippen LogP contribution is -2.61. The van der Waals surface area contributed by atoms with Crippen LogP contribution in [0.5, 0.6) is 0 Å². The summed E-state index contributed by atoms with van der Waals surface area (Å²) in [4.78, 5) is 2.70. The maximum Gasteiger partial charge on any atom is 0.104 e. The average Bonchev–Trinajstić information content (AvgIpc) is 2.60. The fraction of sp³-hybridized carbons (Fsp3) is 1.00. The zero-order valence-corrected chi connectivity index (χ0v) is 10.3. The van der Waals surface area contributed by atoms with Crippen LogP contribution >= 0.6 is 0 Å². The standard InChI is InChI=1S/C12H25N2/c1-9(2)13-7-12-6-11(13)8-14(12,5)10(3)4/h9-12H,6-8H2,1-5H3/q+1/t11-,12-,14-/m1/s1. The third kappa shape index (κ3) is 1.31. The van der Waals surface area contributed by atoms with Crippen molar-refractivity contribution in [3.8, 4) is 0 Å². The Hall–Kier alpha value is -0.0800. The van der Waals surface area contributed by atoms with Crippen molar-refractivity contribution in [1.29, 1.82) is 0 Å². The molecule has 2 aliphatic heterocycles. The van der Waals surface area contributed by atoms with E-state index in [0.29, 0.717) is 0 Å². The normalized spacial score (nSPS) is 43.1. The van der Waals surface area contributed by atoms with E-state index in [1.807, 2.05) is 0 Å². The van der Waals surface area contributed by atoms with E-state index in [1.54, 1.807) is 0 Å². The van der Waals surface area contributed by atoms with Gasteiger partial charge in [-0.1, -0.05) is 0 Å². The van der Waals surface area contributed by atoms with E-state index in [2.05, 4.69) is 39.6 Å². The van der Waals surface area contributed by atoms with Gasteiger partial charge in [0.15, 0.2) is 0 Å². The van der Waals surface area contributed by atoms with Gasteiger partial charge in [-0.3, -0.25) is 4.90 Å². The van der Waals surface area contributed by atoms with E-state index >= 15 is 0 Å². The summed E-state index contributed by atoms with van der Waals surface area (Å²) in [5, 5.41) is 0. The van der Waals surface area contributed by atoms with Gasteiger partial charge < -0.3 is 4.48 Å². The summed E-state index contributed by atoms with van der Waals surface area (Å²) in [6, 6.07) is 3.31. The van der Waals surface area contributed by atoms with Gasteiger partial charge in [0.2, 0.25) is 0 Å². The van der Waals surface area contributed by atoms with Gasteiger partial charge in [0.1, 0.15) is 6.04 Å². The highest BCUT2D eigenvalue weighted by atomic mass is 15.5. The lowest BCUT2D eigenvalue weighted by atomic mass is 10.1. The summed E-state index contributed by atoms with van der Waals surface area (Å²) in [6.07, 6.45) is 1.44. The van der Waals surface area contributed by atoms with Gasteiger partial charge in [0.05, 0.1) is 32.2 Å². The Morgan fingerprint density at radius 1 is 1.21 bits per heavy atom. The highest BCUT2D eigenvalue weighted by Gasteiger charge is 2.54. The second kappa shape index (κ2) is 3.21. The van der Waals surface area contributed by atoms with Crippen LogP contribution in [0.4, 0.5) is 0 Å². The van der Waals surface area contributed by atoms with E-state index in [9.17, 15) is 0 Å². The number of fused-ring (bicyclic) bond motifs is 2. The topological polar surface area (TPSA) is 3.24 Å². The van der Waals surface area contributed by atoms with Crippen LogP contribution in [0.1, 0.15) is 34.1 Å². The molecule has 0 amide bonds. The quantitative estimate of drug-likeness (QED) is 0.609. The molecular weight excluding hydrogens is 172 g/mol. The van der Waals surface area contributed by atoms with Crippen LogP contribution in [0.2, 0.25) is 0 Å². The SMILES string of the molecule is CC(C)N1C[C@H]2C[C@@H]1C[N@+]2(C)C(C)C. The number of hydrogen-bond donors (Lipinski definition) is 0. The van der Waals surface area contributed by atoms with Crippen molar-refractivity contribution >= 4 is 0 Å². The Morgan fingerprint density at radius 3 is 2.21 bits per heavy atom. The first-order valence-electron chi connectivity index (χ1n) is 6.05. The van der Waals surface area contributed by atoms with Crippen molar-refractivity contribution in [2.24, 2.45) is 0 Å². The minimum atomic E-state index is 0.742. The Balaban J connectivity index is 2.10. The summed E-state index contributed by atoms with van der Waals surface area (Å²) < 4.78 is 1.31. The van der Waals surface area contributed by atoms with Crippen LogP contribution < -0.4 is 0 Å². The van der Waals surface area contributed by atoms with Crippen molar-refractivity contribution in [2.75, 3.05) is 20.1 Å². The summed E-state index contributed by atoms with van der Waals surface area (Å²) >= 11 is 0. The van der Waals surface area contributed by atoms with Gasteiger partial charge in [-0.15, -0.1) is 0 Å². The molecule has 2 saturated heterocycles. The van der Waals surface area contributed by atoms with Crippen molar-refractivity contribution in [2.45, 2.75) is 58.3 Å². The molecule has 14 heavy (non-hydrogen) atoms. The van der Waals surface area contributed by atoms with Crippen LogP contribution in [-0.4, -0.2) is 53.7 Å². The molecule has 2 aliphatic rings. The number of likely N-dealkylation sites (N-methyl/N-ethyl adjacent to an activating group) is 1. The van der Waals surface area contributed by atoms with Gasteiger partial charge in [-0.25, -0.2) is 0 Å². The van der Waals surface area contributed by atoms with Crippen LogP contribution in [0, 0.1) is 0 Å². The molecule has 0 aliphatic carbocycles. The Labute approximate surface area is 88.5 Å². The molecular formula is C12H25N2+. The van der Waals surface area contributed by atoms with Crippen LogP contribution in [0.25, 0.3) is 0 Å². The third-order valence-electron chi connectivity index (χ3n) is 4.72. The number of rotatable bonds is 2. The largest absolute Gasteiger partial charge is 0.319 e. The molecule has 0 aromatic carbocycles. The van der Waals surface area contributed by atoms with Crippen molar-refractivity contribution in [3.05, 3.63) is 0 Å². The van der Waals surface area contributed by atoms with Gasteiger partial charge in [0, 0.05) is 12.5 Å². The van der Waals surface area contributed by atoms with Crippen LogP contribution in [0.15, 0.2) is 0 Å². The summed E-state index contributed by atoms with van der Waals surface area (Å²) in [5.74, 6) is 0. The Bertz CT molecular complexity index is 224. The number of piperazine rings is 1. The zero-order chi connectivity index (χ0) is 10.5. The van der Waals surface area contributed by atoms with Crippen LogP contribution in [-0.2, 0) is 0 Å². The molecule has 0 N–H and O–H groups in total. The molecule has 2 nitrogen and oxygen atoms in total. The number of hydrogen-bond acceptors (Lipinski definition) is 1. The van der Waals surface area contributed by atoms with E-state index in [0.717, 1.165) is 24.2 Å². The highest BCUT2D eigenvalue weighted by Crippen LogP contribution is 2.38. The van der Waals surface area contributed by atoms with Gasteiger partial charge in [-0.05, 0) is 27.7 Å². The van der Waals surface area contributed by atoms with E-state index in [4.69, 9.17) is 0 Å². The average molecular weight is 197 g/mol. The fourth-order valence-corrected chi connectivity index (χ4v) is 3.39. The molecule has 0 radical (unpaired) electrons. The smallest absolute Gasteiger partial charge is 0.104 e. The minimum Gasteiger partial charge on any atom is -0.319 e. The molecule has 2 fully saturated rings. The Morgan fingerprint density at radius 2 is 1.86 bits per heavy atom. The summed E-state index contributed by atoms with van der Waals surface area (Å²) in [5.41, 5.74) is 0. The monoisotopic (exact) mass is 197 g/mol.